The van der Waals surface area contributed by atoms with Crippen LogP contribution in [-0.2, 0) is 61.3 Å². The van der Waals surface area contributed by atoms with Crippen molar-refractivity contribution in [1.29, 1.82) is 0 Å². The van der Waals surface area contributed by atoms with Gasteiger partial charge >= 0.3 is 0 Å². The van der Waals surface area contributed by atoms with Gasteiger partial charge in [-0.3, -0.25) is 14.9 Å². The molecule has 8 aromatic rings. The molecule has 6 aromatic heterocycles. The molecule has 2 aliphatic heterocycles. The van der Waals surface area contributed by atoms with Gasteiger partial charge in [0.25, 0.3) is 0 Å². The van der Waals surface area contributed by atoms with E-state index in [4.69, 9.17) is 37.5 Å². The van der Waals surface area contributed by atoms with Crippen LogP contribution in [0.4, 0.5) is 11.9 Å². The normalized spacial score (nSPS) is 13.5. The molecule has 2 aliphatic rings. The minimum Gasteiger partial charge on any atom is -0.380 e. The third kappa shape index (κ3) is 7.33. The minimum atomic E-state index is 0.236. The fourth-order valence-electron chi connectivity index (χ4n) is 6.86. The second kappa shape index (κ2) is 15.8. The number of alkyl halides is 1. The van der Waals surface area contributed by atoms with Crippen LogP contribution in [0.2, 0.25) is 0 Å². The number of ether oxygens (including phenoxy) is 2. The molecule has 0 bridgehead atoms. The number of anilines is 2. The van der Waals surface area contributed by atoms with Gasteiger partial charge in [-0.2, -0.15) is 9.03 Å². The number of nitrogens with two attached hydrogens (primary N) is 2. The van der Waals surface area contributed by atoms with Gasteiger partial charge in [0.2, 0.25) is 11.9 Å². The molecule has 0 fully saturated rings. The van der Waals surface area contributed by atoms with E-state index in [2.05, 4.69) is 57.5 Å². The lowest BCUT2D eigenvalue weighted by Gasteiger charge is -2.10. The van der Waals surface area contributed by atoms with Crippen molar-refractivity contribution in [3.05, 3.63) is 118 Å². The first-order valence-corrected chi connectivity index (χ1v) is 18.2. The maximum absolute atomic E-state index is 6.16. The van der Waals surface area contributed by atoms with Crippen molar-refractivity contribution in [2.45, 2.75) is 51.8 Å². The largest absolute Gasteiger partial charge is 0.380 e. The summed E-state index contributed by atoms with van der Waals surface area (Å²) in [6.07, 6.45) is 3.67. The number of nitrogens with one attached hydrogen (secondary N) is 1. The highest BCUT2D eigenvalue weighted by Gasteiger charge is 2.22. The molecular formula is C38H39ClN14O2. The number of fused-ring (bicyclic) bond motifs is 8. The Morgan fingerprint density at radius 3 is 1.84 bits per heavy atom. The maximum atomic E-state index is 6.16. The first kappa shape index (κ1) is 36.1. The quantitative estimate of drug-likeness (QED) is 0.194. The summed E-state index contributed by atoms with van der Waals surface area (Å²) < 4.78 is 13.6. The van der Waals surface area contributed by atoms with Gasteiger partial charge in [0, 0.05) is 74.7 Å². The number of benzene rings is 2. The number of nitrogens with zero attached hydrogens (tertiary/aromatic N) is 11. The van der Waals surface area contributed by atoms with Gasteiger partial charge in [-0.1, -0.05) is 36.4 Å². The van der Waals surface area contributed by atoms with E-state index in [9.17, 15) is 0 Å². The van der Waals surface area contributed by atoms with Gasteiger partial charge in [0.05, 0.1) is 48.1 Å². The monoisotopic (exact) mass is 758 g/mol. The topological polar surface area (TPSA) is 198 Å². The summed E-state index contributed by atoms with van der Waals surface area (Å²) >= 11 is 5.76. The van der Waals surface area contributed by atoms with E-state index in [1.165, 1.54) is 21.3 Å². The average Bonchev–Trinajstić information content (AvgIpc) is 4.02. The Labute approximate surface area is 320 Å². The van der Waals surface area contributed by atoms with E-state index in [0.29, 0.717) is 37.2 Å². The van der Waals surface area contributed by atoms with Crippen molar-refractivity contribution in [3.8, 4) is 0 Å². The number of hydrogen-bond acceptors (Lipinski definition) is 14. The van der Waals surface area contributed by atoms with Crippen LogP contribution in [0, 0.1) is 0 Å². The van der Waals surface area contributed by atoms with Crippen LogP contribution >= 0.6 is 11.6 Å². The van der Waals surface area contributed by atoms with Crippen LogP contribution < -0.4 is 16.8 Å². The van der Waals surface area contributed by atoms with Gasteiger partial charge in [0.1, 0.15) is 0 Å². The Balaban J connectivity index is 0.000000131. The van der Waals surface area contributed by atoms with Gasteiger partial charge in [-0.15, -0.1) is 21.8 Å². The zero-order chi connectivity index (χ0) is 37.9. The summed E-state index contributed by atoms with van der Waals surface area (Å²) in [4.78, 5) is 29.0. The maximum Gasteiger partial charge on any atom is 0.223 e. The third-order valence-electron chi connectivity index (χ3n) is 9.34. The predicted molar refractivity (Wildman–Crippen MR) is 208 cm³/mol. The van der Waals surface area contributed by atoms with E-state index in [0.717, 1.165) is 76.3 Å². The van der Waals surface area contributed by atoms with E-state index in [1.807, 2.05) is 60.9 Å². The summed E-state index contributed by atoms with van der Waals surface area (Å²) in [5.74, 6) is 2.10. The van der Waals surface area contributed by atoms with Gasteiger partial charge in [0.15, 0.2) is 22.9 Å². The number of para-hydroxylation sites is 2. The van der Waals surface area contributed by atoms with Crippen molar-refractivity contribution in [2.75, 3.05) is 25.7 Å². The minimum absolute atomic E-state index is 0.236. The van der Waals surface area contributed by atoms with Crippen LogP contribution in [0.5, 0.6) is 0 Å². The highest BCUT2D eigenvalue weighted by atomic mass is 35.5. The Kier molecular flexibility index (Phi) is 10.4. The molecule has 0 atom stereocenters. The molecular weight excluding hydrogens is 720 g/mol. The second-order valence-corrected chi connectivity index (χ2v) is 13.3. The van der Waals surface area contributed by atoms with Crippen LogP contribution in [0.25, 0.3) is 33.1 Å². The van der Waals surface area contributed by atoms with E-state index >= 15 is 0 Å². The number of pyridine rings is 2. The van der Waals surface area contributed by atoms with Gasteiger partial charge < -0.3 is 26.3 Å². The molecule has 0 spiro atoms. The van der Waals surface area contributed by atoms with Crippen molar-refractivity contribution >= 4 is 56.6 Å². The lowest BCUT2D eigenvalue weighted by atomic mass is 10.1. The van der Waals surface area contributed by atoms with Crippen LogP contribution in [0.15, 0.2) is 73.1 Å². The summed E-state index contributed by atoms with van der Waals surface area (Å²) in [6.45, 7) is 5.16. The summed E-state index contributed by atoms with van der Waals surface area (Å²) in [5, 5.41) is 13.8. The molecule has 5 N–H and O–H groups in total. The Bertz CT molecular complexity index is 2600. The molecule has 0 radical (unpaired) electrons. The van der Waals surface area contributed by atoms with E-state index in [-0.39, 0.29) is 11.8 Å². The lowest BCUT2D eigenvalue weighted by Crippen LogP contribution is -2.16. The van der Waals surface area contributed by atoms with Crippen LogP contribution in [-0.4, -0.2) is 68.3 Å². The molecule has 17 heteroatoms. The second-order valence-electron chi connectivity index (χ2n) is 13.1. The Hall–Kier alpha value is -5.91. The number of rotatable bonds is 7. The molecule has 0 aliphatic carbocycles. The summed E-state index contributed by atoms with van der Waals surface area (Å²) in [5.41, 5.74) is 21.9. The first-order chi connectivity index (χ1) is 26.9. The summed E-state index contributed by atoms with van der Waals surface area (Å²) in [7, 11) is 3.31. The molecule has 0 unspecified atom stereocenters. The standard InChI is InChI=1S/C19H19N7O.C12H12ClN5O.C7H8N2/c1-27-11-13-4-2-6-14-17(13)23-19(20)26-18(14)22-16(24-26)10-25-8-12-5-3-7-21-15(12)9-25;1-19-6-7-3-2-4-8-10(7)16-12(14)18-11(8)15-9(5-13)17-18;1-2-6-4-8-5-7(6)9-3-1/h2-7H,8-11H2,1H3,(H2,20,23);2-4H,5-6H2,1H3,(H2,14,16);1-3,8H,4-5H2. The number of hydrogen-bond donors (Lipinski definition) is 3. The Morgan fingerprint density at radius 2 is 1.25 bits per heavy atom. The molecule has 0 saturated carbocycles. The first-order valence-electron chi connectivity index (χ1n) is 17.6. The van der Waals surface area contributed by atoms with E-state index < -0.39 is 0 Å². The lowest BCUT2D eigenvalue weighted by molar-refractivity contribution is 0.186. The fraction of sp³-hybridized carbons (Fsp3) is 0.263. The summed E-state index contributed by atoms with van der Waals surface area (Å²) in [6, 6.07) is 20.0. The van der Waals surface area contributed by atoms with Crippen molar-refractivity contribution in [2.24, 2.45) is 0 Å². The zero-order valence-corrected chi connectivity index (χ0v) is 31.1. The number of halogens is 1. The third-order valence-corrected chi connectivity index (χ3v) is 9.58. The molecule has 2 aromatic carbocycles. The molecule has 8 heterocycles. The van der Waals surface area contributed by atoms with Crippen molar-refractivity contribution in [1.82, 2.24) is 59.3 Å². The molecule has 55 heavy (non-hydrogen) atoms. The molecule has 16 nitrogen and oxygen atoms in total. The Morgan fingerprint density at radius 1 is 0.673 bits per heavy atom. The SMILES string of the molecule is COCc1cccc2c1nc(N)n1nc(CCl)nc21.COCc1cccc2c1nc(N)n1nc(CN3Cc4cccnc4C3)nc21.c1cnc2c(c1)CNC2. The van der Waals surface area contributed by atoms with Crippen molar-refractivity contribution in [3.63, 3.8) is 0 Å². The molecule has 0 amide bonds. The smallest absolute Gasteiger partial charge is 0.223 e. The molecule has 0 saturated heterocycles. The zero-order valence-electron chi connectivity index (χ0n) is 30.4. The van der Waals surface area contributed by atoms with E-state index in [1.54, 1.807) is 18.7 Å². The molecule has 10 rings (SSSR count). The number of methoxy groups -OCH3 is 2. The highest BCUT2D eigenvalue weighted by Crippen LogP contribution is 2.26. The number of nitrogen functional groups attached to an aromatic ring is 2. The molecule has 280 valence electrons. The fourth-order valence-corrected chi connectivity index (χ4v) is 6.97. The van der Waals surface area contributed by atoms with Gasteiger partial charge in [-0.05, 0) is 35.4 Å². The van der Waals surface area contributed by atoms with Gasteiger partial charge in [-0.25, -0.2) is 19.9 Å². The van der Waals surface area contributed by atoms with Crippen molar-refractivity contribution < 1.29 is 9.47 Å². The van der Waals surface area contributed by atoms with Crippen LogP contribution in [0.1, 0.15) is 45.3 Å². The van der Waals surface area contributed by atoms with Crippen LogP contribution in [0.3, 0.4) is 0 Å². The highest BCUT2D eigenvalue weighted by molar-refractivity contribution is 6.16. The number of aromatic nitrogens is 10. The average molecular weight is 759 g/mol. The predicted octanol–water partition coefficient (Wildman–Crippen LogP) is 4.35.